The summed E-state index contributed by atoms with van der Waals surface area (Å²) in [6.07, 6.45) is 1.18. The number of ether oxygens (including phenoxy) is 4. The molecule has 1 aliphatic heterocycles. The van der Waals surface area contributed by atoms with Gasteiger partial charge in [0.25, 0.3) is 0 Å². The Morgan fingerprint density at radius 2 is 1.24 bits per heavy atom. The summed E-state index contributed by atoms with van der Waals surface area (Å²) in [6.45, 7) is 5.96. The Morgan fingerprint density at radius 1 is 0.810 bits per heavy atom. The lowest BCUT2D eigenvalue weighted by Crippen LogP contribution is -2.37. The highest BCUT2D eigenvalue weighted by atomic mass is 16.6. The molecule has 1 fully saturated rings. The molecule has 0 spiro atoms. The maximum Gasteiger partial charge on any atom is 0.222 e. The molecule has 0 aromatic heterocycles. The first kappa shape index (κ1) is 18.3. The summed E-state index contributed by atoms with van der Waals surface area (Å²) in [7, 11) is 0. The van der Waals surface area contributed by atoms with E-state index in [4.69, 9.17) is 24.7 Å². The summed E-state index contributed by atoms with van der Waals surface area (Å²) >= 11 is 0. The average Bonchev–Trinajstić information content (AvgIpc) is 2.51. The molecule has 0 radical (unpaired) electrons. The SMILES string of the molecule is NCCCC(=O)N1CCOCCOCCOCCOCC1. The van der Waals surface area contributed by atoms with Gasteiger partial charge < -0.3 is 29.6 Å². The molecule has 0 unspecified atom stereocenters. The van der Waals surface area contributed by atoms with Gasteiger partial charge in [0, 0.05) is 19.5 Å². The monoisotopic (exact) mass is 304 g/mol. The van der Waals surface area contributed by atoms with Gasteiger partial charge in [-0.1, -0.05) is 0 Å². The van der Waals surface area contributed by atoms with E-state index < -0.39 is 0 Å². The van der Waals surface area contributed by atoms with E-state index >= 15 is 0 Å². The van der Waals surface area contributed by atoms with Gasteiger partial charge in [0.2, 0.25) is 5.91 Å². The lowest BCUT2D eigenvalue weighted by molar-refractivity contribution is -0.133. The third-order valence-corrected chi connectivity index (χ3v) is 3.07. The van der Waals surface area contributed by atoms with E-state index in [2.05, 4.69) is 0 Å². The molecule has 21 heavy (non-hydrogen) atoms. The average molecular weight is 304 g/mol. The third kappa shape index (κ3) is 9.76. The highest BCUT2D eigenvalue weighted by Gasteiger charge is 2.12. The van der Waals surface area contributed by atoms with Crippen LogP contribution in [0.15, 0.2) is 0 Å². The smallest absolute Gasteiger partial charge is 0.222 e. The molecular formula is C14H28N2O5. The Bertz CT molecular complexity index is 250. The van der Waals surface area contributed by atoms with Gasteiger partial charge in [-0.25, -0.2) is 0 Å². The summed E-state index contributed by atoms with van der Waals surface area (Å²) < 4.78 is 21.6. The van der Waals surface area contributed by atoms with Gasteiger partial charge in [0.1, 0.15) is 0 Å². The zero-order valence-corrected chi connectivity index (χ0v) is 12.8. The zero-order valence-electron chi connectivity index (χ0n) is 12.8. The molecule has 0 bridgehead atoms. The minimum absolute atomic E-state index is 0.101. The molecule has 0 saturated carbocycles. The molecule has 1 aliphatic rings. The molecule has 1 amide bonds. The van der Waals surface area contributed by atoms with Gasteiger partial charge in [-0.2, -0.15) is 0 Å². The predicted octanol–water partition coefficient (Wildman–Crippen LogP) is -0.366. The van der Waals surface area contributed by atoms with E-state index in [1.165, 1.54) is 0 Å². The molecule has 0 aliphatic carbocycles. The summed E-state index contributed by atoms with van der Waals surface area (Å²) in [6, 6.07) is 0. The van der Waals surface area contributed by atoms with Crippen molar-refractivity contribution in [1.82, 2.24) is 4.90 Å². The largest absolute Gasteiger partial charge is 0.377 e. The van der Waals surface area contributed by atoms with Crippen LogP contribution in [0.25, 0.3) is 0 Å². The molecule has 7 nitrogen and oxygen atoms in total. The molecule has 7 heteroatoms. The van der Waals surface area contributed by atoms with E-state index in [1.807, 2.05) is 0 Å². The van der Waals surface area contributed by atoms with Crippen molar-refractivity contribution in [3.05, 3.63) is 0 Å². The first-order chi connectivity index (χ1) is 10.3. The number of nitrogens with two attached hydrogens (primary N) is 1. The third-order valence-electron chi connectivity index (χ3n) is 3.07. The Labute approximate surface area is 126 Å². The van der Waals surface area contributed by atoms with Crippen molar-refractivity contribution in [2.75, 3.05) is 72.5 Å². The van der Waals surface area contributed by atoms with Crippen LogP contribution in [0.2, 0.25) is 0 Å². The van der Waals surface area contributed by atoms with Crippen LogP contribution in [-0.4, -0.2) is 83.3 Å². The van der Waals surface area contributed by atoms with Gasteiger partial charge in [0.05, 0.1) is 52.9 Å². The second-order valence-electron chi connectivity index (χ2n) is 4.72. The van der Waals surface area contributed by atoms with Crippen molar-refractivity contribution in [3.63, 3.8) is 0 Å². The highest BCUT2D eigenvalue weighted by molar-refractivity contribution is 5.76. The maximum atomic E-state index is 12.1. The van der Waals surface area contributed by atoms with Crippen LogP contribution >= 0.6 is 0 Å². The van der Waals surface area contributed by atoms with E-state index in [1.54, 1.807) is 4.90 Å². The summed E-state index contributed by atoms with van der Waals surface area (Å²) in [4.78, 5) is 13.8. The Hall–Kier alpha value is -0.730. The summed E-state index contributed by atoms with van der Waals surface area (Å²) in [5.74, 6) is 0.101. The fourth-order valence-corrected chi connectivity index (χ4v) is 1.88. The van der Waals surface area contributed by atoms with E-state index in [-0.39, 0.29) is 5.91 Å². The fourth-order valence-electron chi connectivity index (χ4n) is 1.88. The Balaban J connectivity index is 2.34. The van der Waals surface area contributed by atoms with Crippen molar-refractivity contribution < 1.29 is 23.7 Å². The van der Waals surface area contributed by atoms with Crippen LogP contribution in [0, 0.1) is 0 Å². The quantitative estimate of drug-likeness (QED) is 0.766. The van der Waals surface area contributed by atoms with Gasteiger partial charge >= 0.3 is 0 Å². The minimum Gasteiger partial charge on any atom is -0.377 e. The highest BCUT2D eigenvalue weighted by Crippen LogP contribution is 1.98. The molecule has 0 aromatic rings. The molecule has 1 saturated heterocycles. The standard InChI is InChI=1S/C14H28N2O5/c15-3-1-2-14(17)16-4-6-18-8-10-20-12-13-21-11-9-19-7-5-16/h1-13,15H2. The molecule has 1 heterocycles. The van der Waals surface area contributed by atoms with Gasteiger partial charge in [-0.3, -0.25) is 4.79 Å². The first-order valence-electron chi connectivity index (χ1n) is 7.63. The van der Waals surface area contributed by atoms with Crippen LogP contribution in [0.1, 0.15) is 12.8 Å². The Kier molecular flexibility index (Phi) is 11.3. The van der Waals surface area contributed by atoms with E-state index in [0.717, 1.165) is 0 Å². The van der Waals surface area contributed by atoms with Crippen molar-refractivity contribution in [3.8, 4) is 0 Å². The van der Waals surface area contributed by atoms with Crippen LogP contribution in [0.3, 0.4) is 0 Å². The minimum atomic E-state index is 0.101. The van der Waals surface area contributed by atoms with Crippen molar-refractivity contribution in [2.45, 2.75) is 12.8 Å². The van der Waals surface area contributed by atoms with Crippen LogP contribution in [0.5, 0.6) is 0 Å². The summed E-state index contributed by atoms with van der Waals surface area (Å²) in [5, 5.41) is 0. The topological polar surface area (TPSA) is 83.3 Å². The summed E-state index contributed by atoms with van der Waals surface area (Å²) in [5.41, 5.74) is 5.44. The lowest BCUT2D eigenvalue weighted by atomic mass is 10.2. The normalized spacial score (nSPS) is 20.5. The van der Waals surface area contributed by atoms with Crippen molar-refractivity contribution >= 4 is 5.91 Å². The first-order valence-corrected chi connectivity index (χ1v) is 7.63. The van der Waals surface area contributed by atoms with Gasteiger partial charge in [-0.05, 0) is 13.0 Å². The van der Waals surface area contributed by atoms with Crippen LogP contribution in [-0.2, 0) is 23.7 Å². The second-order valence-corrected chi connectivity index (χ2v) is 4.72. The molecule has 2 N–H and O–H groups in total. The van der Waals surface area contributed by atoms with Crippen molar-refractivity contribution in [1.29, 1.82) is 0 Å². The maximum absolute atomic E-state index is 12.1. The fraction of sp³-hybridized carbons (Fsp3) is 0.929. The molecule has 0 aromatic carbocycles. The Morgan fingerprint density at radius 3 is 1.67 bits per heavy atom. The molecule has 1 rings (SSSR count). The molecule has 124 valence electrons. The predicted molar refractivity (Wildman–Crippen MR) is 78.1 cm³/mol. The van der Waals surface area contributed by atoms with Crippen LogP contribution in [0.4, 0.5) is 0 Å². The zero-order chi connectivity index (χ0) is 15.2. The number of hydrogen-bond donors (Lipinski definition) is 1. The number of carbonyl (C=O) groups excluding carboxylic acids is 1. The number of amides is 1. The number of carbonyl (C=O) groups is 1. The second kappa shape index (κ2) is 13.0. The van der Waals surface area contributed by atoms with Gasteiger partial charge in [-0.15, -0.1) is 0 Å². The number of hydrogen-bond acceptors (Lipinski definition) is 6. The van der Waals surface area contributed by atoms with E-state index in [9.17, 15) is 4.79 Å². The molecular weight excluding hydrogens is 276 g/mol. The lowest BCUT2D eigenvalue weighted by Gasteiger charge is -2.22. The van der Waals surface area contributed by atoms with Gasteiger partial charge in [0.15, 0.2) is 0 Å². The van der Waals surface area contributed by atoms with Crippen molar-refractivity contribution in [2.24, 2.45) is 5.73 Å². The van der Waals surface area contributed by atoms with Crippen LogP contribution < -0.4 is 5.73 Å². The molecule has 0 atom stereocenters. The number of rotatable bonds is 3. The van der Waals surface area contributed by atoms with E-state index in [0.29, 0.717) is 85.3 Å². The number of nitrogens with zero attached hydrogens (tertiary/aromatic N) is 1.